The van der Waals surface area contributed by atoms with E-state index in [0.717, 1.165) is 16.1 Å². The van der Waals surface area contributed by atoms with E-state index in [-0.39, 0.29) is 0 Å². The van der Waals surface area contributed by atoms with E-state index in [1.165, 1.54) is 16.7 Å². The Morgan fingerprint density at radius 3 is 1.80 bits per heavy atom. The molecule has 1 heteroatoms. The Kier molecular flexibility index (Phi) is 3.58. The molecule has 0 nitrogen and oxygen atoms in total. The van der Waals surface area contributed by atoms with Crippen molar-refractivity contribution >= 4 is 11.6 Å². The van der Waals surface area contributed by atoms with E-state index < -0.39 is 0 Å². The molecule has 0 saturated heterocycles. The van der Waals surface area contributed by atoms with Crippen LogP contribution in [0.2, 0.25) is 5.02 Å². The fraction of sp³-hybridized carbons (Fsp3) is 0.0526. The van der Waals surface area contributed by atoms with Crippen LogP contribution in [0.4, 0.5) is 0 Å². The van der Waals surface area contributed by atoms with Gasteiger partial charge in [0.1, 0.15) is 0 Å². The molecule has 0 aliphatic rings. The molecule has 3 aromatic carbocycles. The van der Waals surface area contributed by atoms with Gasteiger partial charge in [0.05, 0.1) is 0 Å². The predicted octanol–water partition coefficient (Wildman–Crippen LogP) is 5.98. The van der Waals surface area contributed by atoms with Crippen LogP contribution < -0.4 is 0 Å². The third kappa shape index (κ3) is 2.35. The minimum absolute atomic E-state index is 0.799. The van der Waals surface area contributed by atoms with Crippen molar-refractivity contribution in [2.75, 3.05) is 0 Å². The van der Waals surface area contributed by atoms with Gasteiger partial charge < -0.3 is 0 Å². The highest BCUT2D eigenvalue weighted by molar-refractivity contribution is 6.33. The molecule has 0 aliphatic heterocycles. The van der Waals surface area contributed by atoms with Crippen molar-refractivity contribution in [1.29, 1.82) is 0 Å². The van der Waals surface area contributed by atoms with Crippen molar-refractivity contribution in [3.8, 4) is 22.3 Å². The fourth-order valence-electron chi connectivity index (χ4n) is 2.57. The average molecular weight is 279 g/mol. The Bertz CT molecular complexity index is 716. The van der Waals surface area contributed by atoms with Gasteiger partial charge in [-0.1, -0.05) is 78.3 Å². The third-order valence-electron chi connectivity index (χ3n) is 3.56. The van der Waals surface area contributed by atoms with Gasteiger partial charge in [-0.15, -0.1) is 0 Å². The van der Waals surface area contributed by atoms with Gasteiger partial charge in [-0.2, -0.15) is 0 Å². The van der Waals surface area contributed by atoms with Gasteiger partial charge in [0.15, 0.2) is 0 Å². The van der Waals surface area contributed by atoms with Crippen LogP contribution in [0.25, 0.3) is 22.3 Å². The van der Waals surface area contributed by atoms with Crippen LogP contribution in [0.15, 0.2) is 72.8 Å². The van der Waals surface area contributed by atoms with E-state index >= 15 is 0 Å². The zero-order chi connectivity index (χ0) is 13.9. The number of hydrogen-bond acceptors (Lipinski definition) is 0. The van der Waals surface area contributed by atoms with Gasteiger partial charge in [0.25, 0.3) is 0 Å². The monoisotopic (exact) mass is 278 g/mol. The van der Waals surface area contributed by atoms with Crippen LogP contribution in [0.1, 0.15) is 5.56 Å². The zero-order valence-electron chi connectivity index (χ0n) is 11.3. The summed E-state index contributed by atoms with van der Waals surface area (Å²) in [7, 11) is 0. The highest BCUT2D eigenvalue weighted by atomic mass is 35.5. The first-order valence-electron chi connectivity index (χ1n) is 6.67. The van der Waals surface area contributed by atoms with Crippen LogP contribution in [0.3, 0.4) is 0 Å². The van der Waals surface area contributed by atoms with Gasteiger partial charge >= 0.3 is 0 Å². The molecule has 0 fully saturated rings. The SMILES string of the molecule is Cc1c(-c2ccccc2)ccc(Cl)c1-c1ccccc1. The smallest absolute Gasteiger partial charge is 0.0487 e. The lowest BCUT2D eigenvalue weighted by atomic mass is 9.93. The highest BCUT2D eigenvalue weighted by Gasteiger charge is 2.11. The molecule has 0 heterocycles. The van der Waals surface area contributed by atoms with Crippen molar-refractivity contribution in [3.05, 3.63) is 83.4 Å². The second-order valence-corrected chi connectivity index (χ2v) is 5.23. The van der Waals surface area contributed by atoms with Gasteiger partial charge in [-0.3, -0.25) is 0 Å². The molecule has 0 unspecified atom stereocenters. The first kappa shape index (κ1) is 13.0. The lowest BCUT2D eigenvalue weighted by molar-refractivity contribution is 1.44. The Balaban J connectivity index is 2.22. The van der Waals surface area contributed by atoms with Gasteiger partial charge in [0.2, 0.25) is 0 Å². The Labute approximate surface area is 124 Å². The molecule has 0 spiro atoms. The first-order valence-corrected chi connectivity index (χ1v) is 7.05. The summed E-state index contributed by atoms with van der Waals surface area (Å²) < 4.78 is 0. The second-order valence-electron chi connectivity index (χ2n) is 4.83. The first-order chi connectivity index (χ1) is 9.77. The molecule has 0 aromatic heterocycles. The predicted molar refractivity (Wildman–Crippen MR) is 87.1 cm³/mol. The molecule has 0 radical (unpaired) electrons. The number of halogens is 1. The molecular formula is C19H15Cl. The van der Waals surface area contributed by atoms with E-state index in [1.54, 1.807) is 0 Å². The molecule has 0 amide bonds. The quantitative estimate of drug-likeness (QED) is 0.541. The summed E-state index contributed by atoms with van der Waals surface area (Å²) in [6.45, 7) is 2.14. The molecule has 98 valence electrons. The van der Waals surface area contributed by atoms with Crippen LogP contribution in [-0.4, -0.2) is 0 Å². The second kappa shape index (κ2) is 5.52. The summed E-state index contributed by atoms with van der Waals surface area (Å²) in [6.07, 6.45) is 0. The van der Waals surface area contributed by atoms with Crippen molar-refractivity contribution in [3.63, 3.8) is 0 Å². The number of benzene rings is 3. The van der Waals surface area contributed by atoms with E-state index in [4.69, 9.17) is 11.6 Å². The topological polar surface area (TPSA) is 0 Å². The summed E-state index contributed by atoms with van der Waals surface area (Å²) in [5.41, 5.74) is 5.95. The van der Waals surface area contributed by atoms with E-state index in [9.17, 15) is 0 Å². The fourth-order valence-corrected chi connectivity index (χ4v) is 2.88. The lowest BCUT2D eigenvalue weighted by Gasteiger charge is -2.14. The normalized spacial score (nSPS) is 10.5. The van der Waals surface area contributed by atoms with Crippen molar-refractivity contribution in [1.82, 2.24) is 0 Å². The van der Waals surface area contributed by atoms with Crippen molar-refractivity contribution in [2.45, 2.75) is 6.92 Å². The Morgan fingerprint density at radius 1 is 0.650 bits per heavy atom. The summed E-state index contributed by atoms with van der Waals surface area (Å²) in [5, 5.41) is 0.799. The number of rotatable bonds is 2. The third-order valence-corrected chi connectivity index (χ3v) is 3.88. The van der Waals surface area contributed by atoms with E-state index in [1.807, 2.05) is 30.3 Å². The van der Waals surface area contributed by atoms with Gasteiger partial charge in [-0.25, -0.2) is 0 Å². The van der Waals surface area contributed by atoms with Crippen LogP contribution in [0.5, 0.6) is 0 Å². The summed E-state index contributed by atoms with van der Waals surface area (Å²) in [5.74, 6) is 0. The van der Waals surface area contributed by atoms with Crippen LogP contribution in [-0.2, 0) is 0 Å². The molecular weight excluding hydrogens is 264 g/mol. The molecule has 0 bridgehead atoms. The average Bonchev–Trinajstić information content (AvgIpc) is 2.49. The highest BCUT2D eigenvalue weighted by Crippen LogP contribution is 2.36. The molecule has 3 aromatic rings. The summed E-state index contributed by atoms with van der Waals surface area (Å²) in [6, 6.07) is 24.8. The molecule has 0 atom stereocenters. The van der Waals surface area contributed by atoms with Crippen LogP contribution >= 0.6 is 11.6 Å². The number of hydrogen-bond donors (Lipinski definition) is 0. The molecule has 3 rings (SSSR count). The lowest BCUT2D eigenvalue weighted by Crippen LogP contribution is -1.89. The maximum Gasteiger partial charge on any atom is 0.0487 e. The van der Waals surface area contributed by atoms with E-state index in [2.05, 4.69) is 49.4 Å². The Hall–Kier alpha value is -2.05. The van der Waals surface area contributed by atoms with Gasteiger partial charge in [0, 0.05) is 10.6 Å². The van der Waals surface area contributed by atoms with Gasteiger partial charge in [-0.05, 0) is 35.2 Å². The minimum atomic E-state index is 0.799. The molecule has 0 N–H and O–H groups in total. The maximum atomic E-state index is 6.42. The van der Waals surface area contributed by atoms with E-state index in [0.29, 0.717) is 0 Å². The minimum Gasteiger partial charge on any atom is -0.0837 e. The maximum absolute atomic E-state index is 6.42. The molecule has 0 saturated carbocycles. The van der Waals surface area contributed by atoms with Crippen molar-refractivity contribution < 1.29 is 0 Å². The standard InChI is InChI=1S/C19H15Cl/c1-14-17(15-8-4-2-5-9-15)12-13-18(20)19(14)16-10-6-3-7-11-16/h2-13H,1H3. The molecule has 0 aliphatic carbocycles. The largest absolute Gasteiger partial charge is 0.0837 e. The summed E-state index contributed by atoms with van der Waals surface area (Å²) in [4.78, 5) is 0. The Morgan fingerprint density at radius 2 is 1.20 bits per heavy atom. The molecule has 20 heavy (non-hydrogen) atoms. The van der Waals surface area contributed by atoms with Crippen molar-refractivity contribution in [2.24, 2.45) is 0 Å². The zero-order valence-corrected chi connectivity index (χ0v) is 12.1. The van der Waals surface area contributed by atoms with Crippen LogP contribution in [0, 0.1) is 6.92 Å². The summed E-state index contributed by atoms with van der Waals surface area (Å²) >= 11 is 6.42.